The number of hydrogen-bond donors (Lipinski definition) is 1. The highest BCUT2D eigenvalue weighted by Gasteiger charge is 2.44. The molecule has 0 heterocycles. The van der Waals surface area contributed by atoms with E-state index < -0.39 is 17.2 Å². The van der Waals surface area contributed by atoms with Crippen LogP contribution in [-0.2, 0) is 5.54 Å². The smallest absolute Gasteiger partial charge is 0.134 e. The lowest BCUT2D eigenvalue weighted by molar-refractivity contribution is 0.403. The Morgan fingerprint density at radius 2 is 1.79 bits per heavy atom. The van der Waals surface area contributed by atoms with E-state index in [0.717, 1.165) is 12.1 Å². The van der Waals surface area contributed by atoms with Crippen molar-refractivity contribution < 1.29 is 13.5 Å². The van der Waals surface area contributed by atoms with Gasteiger partial charge in [-0.1, -0.05) is 0 Å². The molecular weight excluding hydrogens is 188 g/mol. The predicted octanol–water partition coefficient (Wildman–Crippen LogP) is 1.92. The molecule has 1 aromatic rings. The molecule has 4 heteroatoms. The van der Waals surface area contributed by atoms with Crippen LogP contribution in [0, 0.1) is 11.6 Å². The maximum Gasteiger partial charge on any atom is 0.134 e. The normalized spacial score (nSPS) is 18.0. The molecule has 0 atom stereocenters. The highest BCUT2D eigenvalue weighted by atomic mass is 19.1. The summed E-state index contributed by atoms with van der Waals surface area (Å²) >= 11 is 0. The van der Waals surface area contributed by atoms with E-state index in [0.29, 0.717) is 12.8 Å². The third-order valence-corrected chi connectivity index (χ3v) is 2.54. The third-order valence-electron chi connectivity index (χ3n) is 2.54. The second-order valence-electron chi connectivity index (χ2n) is 3.62. The lowest BCUT2D eigenvalue weighted by Gasteiger charge is -2.12. The van der Waals surface area contributed by atoms with Gasteiger partial charge >= 0.3 is 0 Å². The minimum Gasteiger partial charge on any atom is -0.497 e. The largest absolute Gasteiger partial charge is 0.497 e. The molecule has 2 N–H and O–H groups in total. The number of ether oxygens (including phenoxy) is 1. The van der Waals surface area contributed by atoms with E-state index in [9.17, 15) is 8.78 Å². The fourth-order valence-electron chi connectivity index (χ4n) is 1.53. The topological polar surface area (TPSA) is 35.2 Å². The van der Waals surface area contributed by atoms with Crippen molar-refractivity contribution in [1.82, 2.24) is 0 Å². The minimum atomic E-state index is -0.791. The molecule has 0 aromatic heterocycles. The van der Waals surface area contributed by atoms with Crippen LogP contribution in [0.3, 0.4) is 0 Å². The first-order valence-corrected chi connectivity index (χ1v) is 4.39. The first kappa shape index (κ1) is 9.40. The summed E-state index contributed by atoms with van der Waals surface area (Å²) in [7, 11) is 1.36. The van der Waals surface area contributed by atoms with E-state index in [1.807, 2.05) is 0 Å². The van der Waals surface area contributed by atoms with E-state index >= 15 is 0 Å². The number of benzene rings is 1. The summed E-state index contributed by atoms with van der Waals surface area (Å²) in [6.45, 7) is 0. The molecule has 14 heavy (non-hydrogen) atoms. The highest BCUT2D eigenvalue weighted by molar-refractivity contribution is 5.37. The number of rotatable bonds is 2. The summed E-state index contributed by atoms with van der Waals surface area (Å²) in [4.78, 5) is 0. The van der Waals surface area contributed by atoms with E-state index in [1.165, 1.54) is 7.11 Å². The summed E-state index contributed by atoms with van der Waals surface area (Å²) in [5.74, 6) is -1.07. The average Bonchev–Trinajstić information content (AvgIpc) is 2.82. The van der Waals surface area contributed by atoms with Gasteiger partial charge in [-0.05, 0) is 12.8 Å². The summed E-state index contributed by atoms with van der Waals surface area (Å²) < 4.78 is 31.6. The Labute approximate surface area is 80.7 Å². The predicted molar refractivity (Wildman–Crippen MR) is 48.0 cm³/mol. The van der Waals surface area contributed by atoms with Crippen molar-refractivity contribution in [1.29, 1.82) is 0 Å². The quantitative estimate of drug-likeness (QED) is 0.789. The number of hydrogen-bond acceptors (Lipinski definition) is 2. The standard InChI is InChI=1S/C10H11F2NO/c1-14-6-4-7(11)9(8(12)5-6)10(13)2-3-10/h4-5H,2-3,13H2,1H3. The zero-order valence-electron chi connectivity index (χ0n) is 7.81. The number of halogens is 2. The van der Waals surface area contributed by atoms with Crippen molar-refractivity contribution in [3.63, 3.8) is 0 Å². The Hall–Kier alpha value is -1.16. The third kappa shape index (κ3) is 1.35. The number of methoxy groups -OCH3 is 1. The van der Waals surface area contributed by atoms with Crippen molar-refractivity contribution in [2.45, 2.75) is 18.4 Å². The molecule has 2 nitrogen and oxygen atoms in total. The molecule has 0 radical (unpaired) electrons. The maximum absolute atomic E-state index is 13.4. The van der Waals surface area contributed by atoms with Crippen LogP contribution in [0.5, 0.6) is 5.75 Å². The van der Waals surface area contributed by atoms with Gasteiger partial charge in [-0.2, -0.15) is 0 Å². The molecule has 0 aliphatic heterocycles. The van der Waals surface area contributed by atoms with Crippen LogP contribution >= 0.6 is 0 Å². The molecule has 0 amide bonds. The molecule has 0 spiro atoms. The van der Waals surface area contributed by atoms with Crippen molar-refractivity contribution in [2.75, 3.05) is 7.11 Å². The van der Waals surface area contributed by atoms with Crippen molar-refractivity contribution in [2.24, 2.45) is 5.73 Å². The summed E-state index contributed by atoms with van der Waals surface area (Å²) in [5.41, 5.74) is 4.93. The van der Waals surface area contributed by atoms with Crippen molar-refractivity contribution in [3.8, 4) is 5.75 Å². The van der Waals surface area contributed by atoms with Crippen LogP contribution in [0.4, 0.5) is 8.78 Å². The van der Waals surface area contributed by atoms with Crippen LogP contribution < -0.4 is 10.5 Å². The maximum atomic E-state index is 13.4. The van der Waals surface area contributed by atoms with E-state index in [-0.39, 0.29) is 11.3 Å². The van der Waals surface area contributed by atoms with Gasteiger partial charge in [-0.3, -0.25) is 0 Å². The van der Waals surface area contributed by atoms with Crippen LogP contribution in [-0.4, -0.2) is 7.11 Å². The van der Waals surface area contributed by atoms with E-state index in [2.05, 4.69) is 0 Å². The Kier molecular flexibility index (Phi) is 1.96. The molecule has 1 aromatic carbocycles. The second kappa shape index (κ2) is 2.92. The summed E-state index contributed by atoms with van der Waals surface area (Å²) in [5, 5.41) is 0. The second-order valence-corrected chi connectivity index (χ2v) is 3.62. The molecule has 2 rings (SSSR count). The molecule has 1 saturated carbocycles. The average molecular weight is 199 g/mol. The van der Waals surface area contributed by atoms with Crippen LogP contribution in [0.1, 0.15) is 18.4 Å². The van der Waals surface area contributed by atoms with Gasteiger partial charge in [0.15, 0.2) is 0 Å². The molecule has 76 valence electrons. The molecule has 1 aliphatic rings. The molecule has 0 saturated heterocycles. The number of nitrogens with two attached hydrogens (primary N) is 1. The van der Waals surface area contributed by atoms with E-state index in [1.54, 1.807) is 0 Å². The minimum absolute atomic E-state index is 0.0155. The van der Waals surface area contributed by atoms with Gasteiger partial charge in [0.1, 0.15) is 17.4 Å². The van der Waals surface area contributed by atoms with Gasteiger partial charge in [0.05, 0.1) is 7.11 Å². The summed E-state index contributed by atoms with van der Waals surface area (Å²) in [6, 6.07) is 2.32. The summed E-state index contributed by atoms with van der Waals surface area (Å²) in [6.07, 6.45) is 1.26. The molecule has 1 aliphatic carbocycles. The Morgan fingerprint density at radius 3 is 2.14 bits per heavy atom. The van der Waals surface area contributed by atoms with Gasteiger partial charge in [0.25, 0.3) is 0 Å². The van der Waals surface area contributed by atoms with Gasteiger partial charge in [-0.25, -0.2) is 8.78 Å². The zero-order valence-corrected chi connectivity index (χ0v) is 7.81. The monoisotopic (exact) mass is 199 g/mol. The zero-order chi connectivity index (χ0) is 10.3. The fourth-order valence-corrected chi connectivity index (χ4v) is 1.53. The first-order valence-electron chi connectivity index (χ1n) is 4.39. The van der Waals surface area contributed by atoms with Crippen molar-refractivity contribution in [3.05, 3.63) is 29.3 Å². The lowest BCUT2D eigenvalue weighted by atomic mass is 10.0. The van der Waals surface area contributed by atoms with Gasteiger partial charge in [0.2, 0.25) is 0 Å². The molecule has 0 bridgehead atoms. The SMILES string of the molecule is COc1cc(F)c(C2(N)CC2)c(F)c1. The molecule has 0 unspecified atom stereocenters. The molecular formula is C10H11F2NO. The van der Waals surface area contributed by atoms with Gasteiger partial charge < -0.3 is 10.5 Å². The van der Waals surface area contributed by atoms with Crippen LogP contribution in [0.25, 0.3) is 0 Å². The first-order chi connectivity index (χ1) is 6.57. The van der Waals surface area contributed by atoms with Crippen LogP contribution in [0.15, 0.2) is 12.1 Å². The van der Waals surface area contributed by atoms with Crippen molar-refractivity contribution >= 4 is 0 Å². The van der Waals surface area contributed by atoms with Gasteiger partial charge in [0, 0.05) is 23.2 Å². The van der Waals surface area contributed by atoms with Gasteiger partial charge in [-0.15, -0.1) is 0 Å². The Bertz CT molecular complexity index is 351. The Morgan fingerprint density at radius 1 is 1.29 bits per heavy atom. The van der Waals surface area contributed by atoms with Crippen LogP contribution in [0.2, 0.25) is 0 Å². The lowest BCUT2D eigenvalue weighted by Crippen LogP contribution is -2.22. The highest BCUT2D eigenvalue weighted by Crippen LogP contribution is 2.45. The molecule has 1 fully saturated rings. The fraction of sp³-hybridized carbons (Fsp3) is 0.400. The Balaban J connectivity index is 2.50. The van der Waals surface area contributed by atoms with E-state index in [4.69, 9.17) is 10.5 Å².